The van der Waals surface area contributed by atoms with Crippen LogP contribution in [0, 0.1) is 0 Å². The summed E-state index contributed by atoms with van der Waals surface area (Å²) in [6.07, 6.45) is 1.52. The van der Waals surface area contributed by atoms with Crippen molar-refractivity contribution in [3.05, 3.63) is 34.9 Å². The standard InChI is InChI=1S/C13H20ClNO/c1-3-9-15-12(4-2)13(16)10-5-7-11(14)8-6-10/h5-8,12-13,15-16H,3-4,9H2,1-2H3. The van der Waals surface area contributed by atoms with Crippen molar-refractivity contribution in [3.63, 3.8) is 0 Å². The monoisotopic (exact) mass is 241 g/mol. The number of nitrogens with one attached hydrogen (secondary N) is 1. The second-order valence-corrected chi connectivity index (χ2v) is 4.40. The predicted molar refractivity (Wildman–Crippen MR) is 68.8 cm³/mol. The van der Waals surface area contributed by atoms with Gasteiger partial charge in [-0.1, -0.05) is 37.6 Å². The quantitative estimate of drug-likeness (QED) is 0.802. The molecule has 0 heterocycles. The first-order valence-corrected chi connectivity index (χ1v) is 6.23. The SMILES string of the molecule is CCCNC(CC)C(O)c1ccc(Cl)cc1. The molecule has 1 aromatic rings. The van der Waals surface area contributed by atoms with Crippen LogP contribution in [0.4, 0.5) is 0 Å². The maximum Gasteiger partial charge on any atom is 0.0942 e. The summed E-state index contributed by atoms with van der Waals surface area (Å²) >= 11 is 5.82. The number of aliphatic hydroxyl groups excluding tert-OH is 1. The third kappa shape index (κ3) is 3.78. The van der Waals surface area contributed by atoms with Gasteiger partial charge in [-0.15, -0.1) is 0 Å². The zero-order valence-electron chi connectivity index (χ0n) is 9.91. The highest BCUT2D eigenvalue weighted by Crippen LogP contribution is 2.20. The van der Waals surface area contributed by atoms with Crippen LogP contribution in [0.1, 0.15) is 38.4 Å². The van der Waals surface area contributed by atoms with Crippen molar-refractivity contribution in [1.29, 1.82) is 0 Å². The van der Waals surface area contributed by atoms with Gasteiger partial charge in [0.25, 0.3) is 0 Å². The third-order valence-electron chi connectivity index (χ3n) is 2.69. The van der Waals surface area contributed by atoms with Crippen LogP contribution >= 0.6 is 11.6 Å². The topological polar surface area (TPSA) is 32.3 Å². The van der Waals surface area contributed by atoms with Gasteiger partial charge in [-0.05, 0) is 37.1 Å². The molecule has 1 aromatic carbocycles. The van der Waals surface area contributed by atoms with Gasteiger partial charge in [-0.3, -0.25) is 0 Å². The summed E-state index contributed by atoms with van der Waals surface area (Å²) in [5.74, 6) is 0. The predicted octanol–water partition coefficient (Wildman–Crippen LogP) is 3.15. The molecule has 0 amide bonds. The van der Waals surface area contributed by atoms with E-state index in [2.05, 4.69) is 19.2 Å². The van der Waals surface area contributed by atoms with E-state index in [1.165, 1.54) is 0 Å². The first-order chi connectivity index (χ1) is 7.69. The first-order valence-electron chi connectivity index (χ1n) is 5.86. The number of aliphatic hydroxyl groups is 1. The lowest BCUT2D eigenvalue weighted by atomic mass is 10.0. The fourth-order valence-corrected chi connectivity index (χ4v) is 1.83. The Morgan fingerprint density at radius 3 is 2.38 bits per heavy atom. The zero-order valence-corrected chi connectivity index (χ0v) is 10.7. The van der Waals surface area contributed by atoms with Crippen LogP contribution in [0.25, 0.3) is 0 Å². The molecule has 1 rings (SSSR count). The summed E-state index contributed by atoms with van der Waals surface area (Å²) in [5, 5.41) is 14.2. The molecule has 0 saturated heterocycles. The Morgan fingerprint density at radius 2 is 1.88 bits per heavy atom. The van der Waals surface area contributed by atoms with E-state index in [0.29, 0.717) is 5.02 Å². The molecule has 0 aliphatic heterocycles. The molecule has 3 heteroatoms. The largest absolute Gasteiger partial charge is 0.387 e. The maximum atomic E-state index is 10.2. The molecule has 0 spiro atoms. The number of hydrogen-bond acceptors (Lipinski definition) is 2. The van der Waals surface area contributed by atoms with Crippen LogP contribution in [0.3, 0.4) is 0 Å². The molecule has 0 aliphatic rings. The summed E-state index contributed by atoms with van der Waals surface area (Å²) in [6.45, 7) is 5.13. The second-order valence-electron chi connectivity index (χ2n) is 3.97. The molecular formula is C13H20ClNO. The molecule has 2 N–H and O–H groups in total. The Kier molecular flexibility index (Phi) is 5.81. The van der Waals surface area contributed by atoms with Crippen molar-refractivity contribution in [1.82, 2.24) is 5.32 Å². The normalized spacial score (nSPS) is 14.8. The summed E-state index contributed by atoms with van der Waals surface area (Å²) in [5.41, 5.74) is 0.917. The maximum absolute atomic E-state index is 10.2. The van der Waals surface area contributed by atoms with Gasteiger partial charge in [0.15, 0.2) is 0 Å². The van der Waals surface area contributed by atoms with Crippen LogP contribution in [-0.2, 0) is 0 Å². The van der Waals surface area contributed by atoms with E-state index in [1.54, 1.807) is 0 Å². The minimum Gasteiger partial charge on any atom is -0.387 e. The van der Waals surface area contributed by atoms with Crippen LogP contribution in [-0.4, -0.2) is 17.7 Å². The first kappa shape index (κ1) is 13.5. The summed E-state index contributed by atoms with van der Waals surface area (Å²) in [7, 11) is 0. The summed E-state index contributed by atoms with van der Waals surface area (Å²) in [6, 6.07) is 7.49. The highest BCUT2D eigenvalue weighted by atomic mass is 35.5. The van der Waals surface area contributed by atoms with Gasteiger partial charge in [0.2, 0.25) is 0 Å². The lowest BCUT2D eigenvalue weighted by Gasteiger charge is -2.23. The number of halogens is 1. The van der Waals surface area contributed by atoms with Crippen LogP contribution in [0.15, 0.2) is 24.3 Å². The van der Waals surface area contributed by atoms with Crippen LogP contribution in [0.2, 0.25) is 5.02 Å². The van der Waals surface area contributed by atoms with Gasteiger partial charge in [0.05, 0.1) is 6.10 Å². The van der Waals surface area contributed by atoms with E-state index in [4.69, 9.17) is 11.6 Å². The molecular weight excluding hydrogens is 222 g/mol. The van der Waals surface area contributed by atoms with Crippen LogP contribution in [0.5, 0.6) is 0 Å². The molecule has 0 aliphatic carbocycles. The average Bonchev–Trinajstić information content (AvgIpc) is 2.30. The van der Waals surface area contributed by atoms with Gasteiger partial charge < -0.3 is 10.4 Å². The Morgan fingerprint density at radius 1 is 1.25 bits per heavy atom. The van der Waals surface area contributed by atoms with Gasteiger partial charge in [-0.2, -0.15) is 0 Å². The van der Waals surface area contributed by atoms with Crippen molar-refractivity contribution >= 4 is 11.6 Å². The van der Waals surface area contributed by atoms with Crippen molar-refractivity contribution in [2.24, 2.45) is 0 Å². The van der Waals surface area contributed by atoms with E-state index >= 15 is 0 Å². The number of rotatable bonds is 6. The molecule has 0 fully saturated rings. The molecule has 0 saturated carbocycles. The van der Waals surface area contributed by atoms with Gasteiger partial charge in [0, 0.05) is 11.1 Å². The van der Waals surface area contributed by atoms with Crippen molar-refractivity contribution in [3.8, 4) is 0 Å². The molecule has 2 unspecified atom stereocenters. The highest BCUT2D eigenvalue weighted by molar-refractivity contribution is 6.30. The average molecular weight is 242 g/mol. The van der Waals surface area contributed by atoms with E-state index in [-0.39, 0.29) is 6.04 Å². The minimum absolute atomic E-state index is 0.112. The third-order valence-corrected chi connectivity index (χ3v) is 2.94. The Hall–Kier alpha value is -0.570. The summed E-state index contributed by atoms with van der Waals surface area (Å²) < 4.78 is 0. The highest BCUT2D eigenvalue weighted by Gasteiger charge is 2.17. The Bertz CT molecular complexity index is 299. The fraction of sp³-hybridized carbons (Fsp3) is 0.538. The number of benzene rings is 1. The van der Waals surface area contributed by atoms with Crippen LogP contribution < -0.4 is 5.32 Å². The van der Waals surface area contributed by atoms with Crippen molar-refractivity contribution < 1.29 is 5.11 Å². The van der Waals surface area contributed by atoms with Crippen molar-refractivity contribution in [2.75, 3.05) is 6.54 Å². The minimum atomic E-state index is -0.464. The van der Waals surface area contributed by atoms with E-state index < -0.39 is 6.10 Å². The molecule has 16 heavy (non-hydrogen) atoms. The van der Waals surface area contributed by atoms with Crippen molar-refractivity contribution in [2.45, 2.75) is 38.8 Å². The molecule has 0 aromatic heterocycles. The second kappa shape index (κ2) is 6.89. The van der Waals surface area contributed by atoms with Gasteiger partial charge in [-0.25, -0.2) is 0 Å². The Labute approximate surface area is 103 Å². The summed E-state index contributed by atoms with van der Waals surface area (Å²) in [4.78, 5) is 0. The molecule has 0 radical (unpaired) electrons. The lowest BCUT2D eigenvalue weighted by molar-refractivity contribution is 0.126. The van der Waals surface area contributed by atoms with Gasteiger partial charge >= 0.3 is 0 Å². The molecule has 90 valence electrons. The fourth-order valence-electron chi connectivity index (χ4n) is 1.70. The smallest absolute Gasteiger partial charge is 0.0942 e. The molecule has 0 bridgehead atoms. The van der Waals surface area contributed by atoms with E-state index in [0.717, 1.165) is 24.9 Å². The Balaban J connectivity index is 2.66. The zero-order chi connectivity index (χ0) is 12.0. The lowest BCUT2D eigenvalue weighted by Crippen LogP contribution is -2.34. The molecule has 2 atom stereocenters. The number of hydrogen-bond donors (Lipinski definition) is 2. The van der Waals surface area contributed by atoms with Gasteiger partial charge in [0.1, 0.15) is 0 Å². The molecule has 2 nitrogen and oxygen atoms in total. The van der Waals surface area contributed by atoms with E-state index in [1.807, 2.05) is 24.3 Å². The van der Waals surface area contributed by atoms with E-state index in [9.17, 15) is 5.11 Å².